The highest BCUT2D eigenvalue weighted by Gasteiger charge is 2.11. The van der Waals surface area contributed by atoms with Crippen LogP contribution in [0.1, 0.15) is 11.1 Å². The zero-order valence-corrected chi connectivity index (χ0v) is 16.9. The molecule has 0 unspecified atom stereocenters. The van der Waals surface area contributed by atoms with Crippen molar-refractivity contribution in [1.82, 2.24) is 10.3 Å². The Labute approximate surface area is 168 Å². The van der Waals surface area contributed by atoms with Crippen molar-refractivity contribution in [2.75, 3.05) is 26.1 Å². The maximum absolute atomic E-state index is 12.5. The highest BCUT2D eigenvalue weighted by Crippen LogP contribution is 2.31. The molecule has 146 valence electrons. The number of thiocarbonyl (C=S) groups is 1. The molecule has 3 aromatic rings. The lowest BCUT2D eigenvalue weighted by Crippen LogP contribution is -2.31. The van der Waals surface area contributed by atoms with Crippen molar-refractivity contribution in [1.29, 1.82) is 0 Å². The molecule has 2 aromatic carbocycles. The Bertz CT molecular complexity index is 1050. The molecule has 1 aromatic heterocycles. The van der Waals surface area contributed by atoms with Crippen LogP contribution in [-0.4, -0.2) is 30.9 Å². The van der Waals surface area contributed by atoms with E-state index in [-0.39, 0.29) is 5.56 Å². The van der Waals surface area contributed by atoms with Crippen molar-refractivity contribution >= 4 is 33.9 Å². The second-order valence-corrected chi connectivity index (χ2v) is 6.79. The number of anilines is 1. The van der Waals surface area contributed by atoms with Crippen LogP contribution >= 0.6 is 12.2 Å². The molecule has 0 spiro atoms. The first kappa shape index (κ1) is 19.7. The number of fused-ring (bicyclic) bond motifs is 1. The van der Waals surface area contributed by atoms with E-state index in [4.69, 9.17) is 21.7 Å². The van der Waals surface area contributed by atoms with Gasteiger partial charge in [0.05, 0.1) is 19.7 Å². The van der Waals surface area contributed by atoms with Gasteiger partial charge in [-0.15, -0.1) is 0 Å². The standard InChI is InChI=1S/C21H23N3O3S/c1-13-4-6-15(7-5-13)23-21(28)22-11-10-14-12-16-17(26-2)8-9-18(27-3)19(16)24-20(14)25/h4-9,12H,10-11H2,1-3H3,(H,24,25)(H2,22,23,28). The monoisotopic (exact) mass is 397 g/mol. The molecular weight excluding hydrogens is 374 g/mol. The summed E-state index contributed by atoms with van der Waals surface area (Å²) in [5.41, 5.74) is 3.22. The first-order valence-corrected chi connectivity index (χ1v) is 9.31. The van der Waals surface area contributed by atoms with Crippen molar-refractivity contribution in [2.24, 2.45) is 0 Å². The number of ether oxygens (including phenoxy) is 2. The normalized spacial score (nSPS) is 10.5. The van der Waals surface area contributed by atoms with Crippen LogP contribution in [0.25, 0.3) is 10.9 Å². The number of benzene rings is 2. The lowest BCUT2D eigenvalue weighted by Gasteiger charge is -2.12. The van der Waals surface area contributed by atoms with Gasteiger partial charge in [-0.2, -0.15) is 0 Å². The second-order valence-electron chi connectivity index (χ2n) is 6.38. The van der Waals surface area contributed by atoms with Crippen LogP contribution in [0.15, 0.2) is 47.3 Å². The third-order valence-corrected chi connectivity index (χ3v) is 4.69. The number of nitrogens with one attached hydrogen (secondary N) is 3. The van der Waals surface area contributed by atoms with Crippen LogP contribution in [0.5, 0.6) is 11.5 Å². The van der Waals surface area contributed by atoms with Crippen molar-refractivity contribution < 1.29 is 9.47 Å². The van der Waals surface area contributed by atoms with Gasteiger partial charge in [0.1, 0.15) is 11.5 Å². The maximum atomic E-state index is 12.5. The Morgan fingerprint density at radius 2 is 1.75 bits per heavy atom. The molecule has 0 aliphatic rings. The number of aryl methyl sites for hydroxylation is 1. The van der Waals surface area contributed by atoms with Crippen LogP contribution in [0.4, 0.5) is 5.69 Å². The summed E-state index contributed by atoms with van der Waals surface area (Å²) < 4.78 is 10.8. The van der Waals surface area contributed by atoms with E-state index in [0.29, 0.717) is 40.7 Å². The number of hydrogen-bond donors (Lipinski definition) is 3. The smallest absolute Gasteiger partial charge is 0.251 e. The number of aromatic amines is 1. The first-order valence-electron chi connectivity index (χ1n) is 8.90. The van der Waals surface area contributed by atoms with Gasteiger partial charge in [0.25, 0.3) is 5.56 Å². The molecule has 1 heterocycles. The van der Waals surface area contributed by atoms with Crippen molar-refractivity contribution in [3.05, 3.63) is 63.9 Å². The molecule has 0 atom stereocenters. The highest BCUT2D eigenvalue weighted by molar-refractivity contribution is 7.80. The van der Waals surface area contributed by atoms with Gasteiger partial charge < -0.3 is 25.1 Å². The molecule has 0 amide bonds. The Morgan fingerprint density at radius 1 is 1.07 bits per heavy atom. The van der Waals surface area contributed by atoms with Gasteiger partial charge in [0.15, 0.2) is 5.11 Å². The van der Waals surface area contributed by atoms with E-state index < -0.39 is 0 Å². The minimum atomic E-state index is -0.154. The third kappa shape index (κ3) is 4.43. The largest absolute Gasteiger partial charge is 0.496 e. The molecular formula is C21H23N3O3S. The average Bonchev–Trinajstić information content (AvgIpc) is 2.69. The summed E-state index contributed by atoms with van der Waals surface area (Å²) in [7, 11) is 3.17. The molecule has 0 fully saturated rings. The van der Waals surface area contributed by atoms with Gasteiger partial charge in [-0.3, -0.25) is 4.79 Å². The van der Waals surface area contributed by atoms with E-state index in [0.717, 1.165) is 11.1 Å². The number of H-pyrrole nitrogens is 1. The molecule has 0 radical (unpaired) electrons. The average molecular weight is 398 g/mol. The summed E-state index contributed by atoms with van der Waals surface area (Å²) in [6.45, 7) is 2.56. The quantitative estimate of drug-likeness (QED) is 0.554. The fraction of sp³-hybridized carbons (Fsp3) is 0.238. The van der Waals surface area contributed by atoms with Crippen LogP contribution in [0.2, 0.25) is 0 Å². The Morgan fingerprint density at radius 3 is 2.43 bits per heavy atom. The maximum Gasteiger partial charge on any atom is 0.251 e. The fourth-order valence-electron chi connectivity index (χ4n) is 2.94. The highest BCUT2D eigenvalue weighted by atomic mass is 32.1. The van der Waals surface area contributed by atoms with Crippen molar-refractivity contribution in [3.63, 3.8) is 0 Å². The van der Waals surface area contributed by atoms with E-state index in [9.17, 15) is 4.79 Å². The first-order chi connectivity index (χ1) is 13.5. The van der Waals surface area contributed by atoms with Gasteiger partial charge in [-0.05, 0) is 55.9 Å². The van der Waals surface area contributed by atoms with E-state index >= 15 is 0 Å². The number of methoxy groups -OCH3 is 2. The molecule has 0 aliphatic carbocycles. The van der Waals surface area contributed by atoms with Crippen molar-refractivity contribution in [3.8, 4) is 11.5 Å². The zero-order chi connectivity index (χ0) is 20.1. The van der Waals surface area contributed by atoms with Crippen molar-refractivity contribution in [2.45, 2.75) is 13.3 Å². The number of rotatable bonds is 6. The predicted octanol–water partition coefficient (Wildman–Crippen LogP) is 3.38. The molecule has 3 N–H and O–H groups in total. The molecule has 7 heteroatoms. The van der Waals surface area contributed by atoms with Crippen LogP contribution < -0.4 is 25.7 Å². The fourth-order valence-corrected chi connectivity index (χ4v) is 3.16. The van der Waals surface area contributed by atoms with Gasteiger partial charge in [-0.1, -0.05) is 17.7 Å². The minimum absolute atomic E-state index is 0.154. The third-order valence-electron chi connectivity index (χ3n) is 4.45. The summed E-state index contributed by atoms with van der Waals surface area (Å²) in [5, 5.41) is 7.58. The minimum Gasteiger partial charge on any atom is -0.496 e. The van der Waals surface area contributed by atoms with Gasteiger partial charge in [-0.25, -0.2) is 0 Å². The molecule has 6 nitrogen and oxygen atoms in total. The molecule has 0 bridgehead atoms. The van der Waals surface area contributed by atoms with E-state index in [1.54, 1.807) is 20.3 Å². The topological polar surface area (TPSA) is 75.4 Å². The second kappa shape index (κ2) is 8.75. The Kier molecular flexibility index (Phi) is 6.16. The Balaban J connectivity index is 1.70. The van der Waals surface area contributed by atoms with Gasteiger partial charge in [0.2, 0.25) is 0 Å². The number of hydrogen-bond acceptors (Lipinski definition) is 4. The van der Waals surface area contributed by atoms with Gasteiger partial charge in [0, 0.05) is 23.2 Å². The van der Waals surface area contributed by atoms with E-state index in [2.05, 4.69) is 15.6 Å². The van der Waals surface area contributed by atoms with Crippen LogP contribution in [0, 0.1) is 6.92 Å². The van der Waals surface area contributed by atoms with Crippen LogP contribution in [-0.2, 0) is 6.42 Å². The van der Waals surface area contributed by atoms with E-state index in [1.165, 1.54) is 5.56 Å². The molecule has 3 rings (SSSR count). The number of pyridine rings is 1. The SMILES string of the molecule is COc1ccc(OC)c2[nH]c(=O)c(CCNC(=S)Nc3ccc(C)cc3)cc12. The predicted molar refractivity (Wildman–Crippen MR) is 117 cm³/mol. The number of aromatic nitrogens is 1. The van der Waals surface area contributed by atoms with E-state index in [1.807, 2.05) is 43.3 Å². The summed E-state index contributed by atoms with van der Waals surface area (Å²) in [4.78, 5) is 15.4. The molecule has 0 aliphatic heterocycles. The summed E-state index contributed by atoms with van der Waals surface area (Å²) >= 11 is 5.32. The summed E-state index contributed by atoms with van der Waals surface area (Å²) in [5.74, 6) is 1.28. The Hall–Kier alpha value is -3.06. The molecule has 0 saturated heterocycles. The molecule has 0 saturated carbocycles. The van der Waals surface area contributed by atoms with Crippen LogP contribution in [0.3, 0.4) is 0 Å². The summed E-state index contributed by atoms with van der Waals surface area (Å²) in [6.07, 6.45) is 0.515. The lowest BCUT2D eigenvalue weighted by atomic mass is 10.1. The van der Waals surface area contributed by atoms with Gasteiger partial charge >= 0.3 is 0 Å². The zero-order valence-electron chi connectivity index (χ0n) is 16.1. The molecule has 28 heavy (non-hydrogen) atoms. The lowest BCUT2D eigenvalue weighted by molar-refractivity contribution is 0.409. The summed E-state index contributed by atoms with van der Waals surface area (Å²) in [6, 6.07) is 13.4.